The second kappa shape index (κ2) is 14.8. The molecule has 0 spiro atoms. The molecule has 1 aromatic carbocycles. The Bertz CT molecular complexity index is 1180. The molecule has 1 saturated carbocycles. The number of aliphatic carboxylic acids is 2. The Labute approximate surface area is 237 Å². The first kappa shape index (κ1) is 32.6. The number of benzene rings is 1. The number of piperidine rings is 2. The van der Waals surface area contributed by atoms with Crippen LogP contribution in [-0.4, -0.2) is 81.2 Å². The maximum Gasteiger partial charge on any atom is 0.490 e. The number of carboxylic acids is 2. The van der Waals surface area contributed by atoms with Crippen molar-refractivity contribution in [1.29, 1.82) is 0 Å². The molecule has 0 atom stereocenters. The molecule has 2 aromatic rings. The molecule has 12 heteroatoms. The summed E-state index contributed by atoms with van der Waals surface area (Å²) in [5, 5.41) is 26.2. The van der Waals surface area contributed by atoms with E-state index < -0.39 is 18.1 Å². The lowest BCUT2D eigenvalue weighted by Gasteiger charge is -2.30. The third-order valence-electron chi connectivity index (χ3n) is 8.23. The monoisotopic (exact) mass is 582 g/mol. The van der Waals surface area contributed by atoms with Gasteiger partial charge in [-0.3, -0.25) is 14.4 Å². The van der Waals surface area contributed by atoms with Crippen molar-refractivity contribution in [3.05, 3.63) is 35.5 Å². The zero-order valence-corrected chi connectivity index (χ0v) is 23.2. The van der Waals surface area contributed by atoms with Gasteiger partial charge in [0.05, 0.1) is 17.8 Å². The molecule has 3 aliphatic rings. The highest BCUT2D eigenvalue weighted by Gasteiger charge is 2.38. The summed E-state index contributed by atoms with van der Waals surface area (Å²) in [6, 6.07) is 6.89. The van der Waals surface area contributed by atoms with Gasteiger partial charge in [0, 0.05) is 17.8 Å². The first-order chi connectivity index (χ1) is 19.1. The van der Waals surface area contributed by atoms with E-state index in [1.807, 2.05) is 0 Å². The van der Waals surface area contributed by atoms with E-state index in [-0.39, 0.29) is 12.0 Å². The van der Waals surface area contributed by atoms with E-state index in [9.17, 15) is 18.0 Å². The number of nitrogens with one attached hydrogen (secondary N) is 1. The number of alkyl halides is 3. The molecular weight excluding hydrogens is 541 g/mol. The number of fused-ring (bicyclic) bond motifs is 1. The van der Waals surface area contributed by atoms with Crippen LogP contribution < -0.4 is 5.32 Å². The number of halogens is 3. The molecule has 41 heavy (non-hydrogen) atoms. The van der Waals surface area contributed by atoms with Crippen LogP contribution in [0.15, 0.2) is 24.3 Å². The van der Waals surface area contributed by atoms with Gasteiger partial charge in [0.2, 0.25) is 0 Å². The Balaban J connectivity index is 0.000000516. The summed E-state index contributed by atoms with van der Waals surface area (Å²) in [6.45, 7) is 5.09. The van der Waals surface area contributed by atoms with Gasteiger partial charge in [-0.15, -0.1) is 0 Å². The summed E-state index contributed by atoms with van der Waals surface area (Å²) in [6.07, 6.45) is 9.39. The molecule has 0 radical (unpaired) electrons. The number of carboxylic acid groups (broad SMARTS) is 2. The van der Waals surface area contributed by atoms with Crippen LogP contribution in [0.2, 0.25) is 0 Å². The van der Waals surface area contributed by atoms with E-state index in [1.165, 1.54) is 60.7 Å². The van der Waals surface area contributed by atoms with E-state index in [4.69, 9.17) is 20.1 Å². The van der Waals surface area contributed by atoms with Crippen LogP contribution in [0.5, 0.6) is 0 Å². The lowest BCUT2D eigenvalue weighted by molar-refractivity contribution is -0.192. The van der Waals surface area contributed by atoms with Crippen LogP contribution in [-0.2, 0) is 16.1 Å². The second-order valence-corrected chi connectivity index (χ2v) is 11.2. The predicted octanol–water partition coefficient (Wildman–Crippen LogP) is 4.31. The fourth-order valence-corrected chi connectivity index (χ4v) is 6.04. The van der Waals surface area contributed by atoms with Crippen LogP contribution in [0.1, 0.15) is 68.5 Å². The number of likely N-dealkylation sites (tertiary alicyclic amines) is 1. The highest BCUT2D eigenvalue weighted by atomic mass is 19.4. The normalized spacial score (nSPS) is 19.7. The minimum absolute atomic E-state index is 0. The zero-order chi connectivity index (χ0) is 28.7. The van der Waals surface area contributed by atoms with Crippen LogP contribution in [0, 0.1) is 11.8 Å². The fraction of sp³-hybridized carbons (Fsp3) is 0.621. The molecule has 1 aliphatic carbocycles. The summed E-state index contributed by atoms with van der Waals surface area (Å²) in [5.41, 5.74) is 3.78. The lowest BCUT2D eigenvalue weighted by atomic mass is 9.91. The summed E-state index contributed by atoms with van der Waals surface area (Å²) in [4.78, 5) is 22.0. The second-order valence-electron chi connectivity index (χ2n) is 11.2. The average Bonchev–Trinajstić information content (AvgIpc) is 3.56. The van der Waals surface area contributed by atoms with Crippen LogP contribution in [0.25, 0.3) is 17.0 Å². The number of aromatic nitrogens is 2. The summed E-state index contributed by atoms with van der Waals surface area (Å²) in [5.74, 6) is -1.65. The van der Waals surface area contributed by atoms with Crippen molar-refractivity contribution < 1.29 is 38.4 Å². The smallest absolute Gasteiger partial charge is 0.480 e. The van der Waals surface area contributed by atoms with Crippen molar-refractivity contribution in [3.63, 3.8) is 0 Å². The van der Waals surface area contributed by atoms with Crippen molar-refractivity contribution in [2.24, 2.45) is 11.8 Å². The number of hydrogen-bond acceptors (Lipinski definition) is 5. The van der Waals surface area contributed by atoms with Gasteiger partial charge in [-0.1, -0.05) is 37.1 Å². The van der Waals surface area contributed by atoms with Gasteiger partial charge in [-0.25, -0.2) is 4.79 Å². The number of carbonyl (C=O) groups is 2. The molecule has 228 valence electrons. The molecule has 0 amide bonds. The van der Waals surface area contributed by atoms with Gasteiger partial charge >= 0.3 is 18.1 Å². The van der Waals surface area contributed by atoms with Crippen LogP contribution >= 0.6 is 0 Å². The molecule has 9 nitrogen and oxygen atoms in total. The first-order valence-corrected chi connectivity index (χ1v) is 14.2. The maximum absolute atomic E-state index is 11.1. The molecule has 1 aromatic heterocycles. The van der Waals surface area contributed by atoms with Crippen molar-refractivity contribution in [3.8, 4) is 0 Å². The summed E-state index contributed by atoms with van der Waals surface area (Å²) in [7, 11) is 0. The number of nitrogens with zero attached hydrogens (tertiary/aromatic N) is 3. The van der Waals surface area contributed by atoms with Crippen molar-refractivity contribution in [2.75, 3.05) is 32.7 Å². The van der Waals surface area contributed by atoms with Gasteiger partial charge in [0.1, 0.15) is 0 Å². The zero-order valence-electron chi connectivity index (χ0n) is 23.2. The molecule has 2 saturated heterocycles. The molecule has 3 fully saturated rings. The Hall–Kier alpha value is -2.96. The average molecular weight is 583 g/mol. The molecular formula is C29H41F3N4O5. The molecule has 5 rings (SSSR count). The maximum atomic E-state index is 11.1. The minimum atomic E-state index is -5.08. The van der Waals surface area contributed by atoms with Gasteiger partial charge in [-0.2, -0.15) is 18.3 Å². The molecule has 3 heterocycles. The standard InChI is InChI=1S/C27H38N4O2.C2HF3O2.H2O/c32-26(33)19-30-15-11-23(12-16-30)27-24-8-7-21(6-5-20-9-13-28-14-10-20)17-25(24)31(29-27)18-22-3-1-2-4-22;3-2(4,5)1(6)7;/h5-8,17,20,22-23,28H,1-4,9-16,18-19H2,(H,32,33);(H,6,7);1H2. The topological polar surface area (TPSA) is 139 Å². The molecule has 5 N–H and O–H groups in total. The Morgan fingerprint density at radius 1 is 1.02 bits per heavy atom. The van der Waals surface area contributed by atoms with E-state index in [0.717, 1.165) is 51.5 Å². The number of rotatable bonds is 7. The Morgan fingerprint density at radius 3 is 2.24 bits per heavy atom. The summed E-state index contributed by atoms with van der Waals surface area (Å²) >= 11 is 0. The largest absolute Gasteiger partial charge is 0.490 e. The molecule has 2 aliphatic heterocycles. The predicted molar refractivity (Wildman–Crippen MR) is 150 cm³/mol. The minimum Gasteiger partial charge on any atom is -0.480 e. The van der Waals surface area contributed by atoms with Crippen LogP contribution in [0.3, 0.4) is 0 Å². The van der Waals surface area contributed by atoms with E-state index in [0.29, 0.717) is 11.8 Å². The third-order valence-corrected chi connectivity index (χ3v) is 8.23. The van der Waals surface area contributed by atoms with Crippen molar-refractivity contribution >= 4 is 28.9 Å². The van der Waals surface area contributed by atoms with Crippen molar-refractivity contribution in [1.82, 2.24) is 20.0 Å². The quantitative estimate of drug-likeness (QED) is 0.442. The summed E-state index contributed by atoms with van der Waals surface area (Å²) < 4.78 is 34.0. The van der Waals surface area contributed by atoms with Crippen molar-refractivity contribution in [2.45, 2.75) is 70.0 Å². The number of allylic oxidation sites excluding steroid dienone is 1. The van der Waals surface area contributed by atoms with Crippen LogP contribution in [0.4, 0.5) is 13.2 Å². The van der Waals surface area contributed by atoms with Gasteiger partial charge < -0.3 is 21.0 Å². The molecule has 0 bridgehead atoms. The highest BCUT2D eigenvalue weighted by molar-refractivity contribution is 5.85. The Morgan fingerprint density at radius 2 is 1.66 bits per heavy atom. The number of hydrogen-bond donors (Lipinski definition) is 3. The van der Waals surface area contributed by atoms with E-state index in [1.54, 1.807) is 0 Å². The van der Waals surface area contributed by atoms with Gasteiger partial charge in [-0.05, 0) is 88.2 Å². The first-order valence-electron chi connectivity index (χ1n) is 14.2. The SMILES string of the molecule is O.O=C(O)C(F)(F)F.O=C(O)CN1CCC(c2nn(CC3CCCC3)c3cc(C=CC4CCNCC4)ccc23)CC1. The van der Waals surface area contributed by atoms with E-state index in [2.05, 4.69) is 45.2 Å². The Kier molecular flexibility index (Phi) is 11.7. The lowest BCUT2D eigenvalue weighted by Crippen LogP contribution is -2.36. The highest BCUT2D eigenvalue weighted by Crippen LogP contribution is 2.35. The third kappa shape index (κ3) is 9.27. The fourth-order valence-electron chi connectivity index (χ4n) is 6.04. The van der Waals surface area contributed by atoms with E-state index >= 15 is 0 Å². The van der Waals surface area contributed by atoms with Gasteiger partial charge in [0.15, 0.2) is 0 Å². The van der Waals surface area contributed by atoms with Gasteiger partial charge in [0.25, 0.3) is 0 Å². The molecule has 0 unspecified atom stereocenters.